The van der Waals surface area contributed by atoms with Crippen molar-refractivity contribution in [2.75, 3.05) is 0 Å². The topological polar surface area (TPSA) is 92.7 Å². The maximum Gasteiger partial charge on any atom is 0.262 e. The lowest BCUT2D eigenvalue weighted by Crippen LogP contribution is -2.39. The predicted octanol–water partition coefficient (Wildman–Crippen LogP) is 4.08. The third kappa shape index (κ3) is 4.70. The SMILES string of the molecule is C[C@H](Sc1nc2c(cnn2-c2cccc(Cl)c2)c(=O)[nH]1)C(=O)NC1CCCCCC1. The first-order chi connectivity index (χ1) is 14.5. The number of fused-ring (bicyclic) bond motifs is 1. The van der Waals surface area contributed by atoms with Crippen molar-refractivity contribution >= 4 is 40.3 Å². The van der Waals surface area contributed by atoms with Gasteiger partial charge in [-0.3, -0.25) is 9.59 Å². The van der Waals surface area contributed by atoms with Crippen molar-refractivity contribution < 1.29 is 4.79 Å². The number of aromatic nitrogens is 4. The number of nitrogens with zero attached hydrogens (tertiary/aromatic N) is 3. The molecule has 0 bridgehead atoms. The van der Waals surface area contributed by atoms with Gasteiger partial charge < -0.3 is 10.3 Å². The van der Waals surface area contributed by atoms with Crippen LogP contribution in [0.5, 0.6) is 0 Å². The van der Waals surface area contributed by atoms with E-state index in [4.69, 9.17) is 11.6 Å². The van der Waals surface area contributed by atoms with Crippen LogP contribution in [0.1, 0.15) is 45.4 Å². The van der Waals surface area contributed by atoms with Crippen LogP contribution >= 0.6 is 23.4 Å². The Morgan fingerprint density at radius 3 is 2.80 bits per heavy atom. The molecule has 4 rings (SSSR count). The van der Waals surface area contributed by atoms with E-state index >= 15 is 0 Å². The quantitative estimate of drug-likeness (QED) is 0.350. The van der Waals surface area contributed by atoms with Crippen molar-refractivity contribution in [3.63, 3.8) is 0 Å². The number of hydrogen-bond donors (Lipinski definition) is 2. The maximum atomic E-state index is 12.7. The van der Waals surface area contributed by atoms with Gasteiger partial charge >= 0.3 is 0 Å². The van der Waals surface area contributed by atoms with Gasteiger partial charge in [-0.05, 0) is 38.0 Å². The van der Waals surface area contributed by atoms with Gasteiger partial charge in [0.05, 0.1) is 17.1 Å². The van der Waals surface area contributed by atoms with E-state index < -0.39 is 0 Å². The number of benzene rings is 1. The van der Waals surface area contributed by atoms with E-state index in [0.717, 1.165) is 25.7 Å². The molecule has 1 amide bonds. The molecule has 0 spiro atoms. The van der Waals surface area contributed by atoms with Gasteiger partial charge in [-0.25, -0.2) is 9.67 Å². The van der Waals surface area contributed by atoms with Crippen molar-refractivity contribution in [3.8, 4) is 5.69 Å². The Bertz CT molecular complexity index is 1100. The molecule has 0 radical (unpaired) electrons. The summed E-state index contributed by atoms with van der Waals surface area (Å²) in [6, 6.07) is 7.42. The van der Waals surface area contributed by atoms with Crippen LogP contribution in [0.25, 0.3) is 16.7 Å². The fourth-order valence-electron chi connectivity index (χ4n) is 3.71. The number of thioether (sulfide) groups is 1. The van der Waals surface area contributed by atoms with E-state index in [1.54, 1.807) is 16.8 Å². The van der Waals surface area contributed by atoms with E-state index in [1.165, 1.54) is 30.8 Å². The van der Waals surface area contributed by atoms with Crippen LogP contribution in [0.15, 0.2) is 40.4 Å². The summed E-state index contributed by atoms with van der Waals surface area (Å²) in [5.74, 6) is -0.0296. The van der Waals surface area contributed by atoms with E-state index in [2.05, 4.69) is 20.4 Å². The van der Waals surface area contributed by atoms with Crippen LogP contribution < -0.4 is 10.9 Å². The minimum absolute atomic E-state index is 0.0296. The zero-order valence-electron chi connectivity index (χ0n) is 16.7. The van der Waals surface area contributed by atoms with Crippen LogP contribution in [0.3, 0.4) is 0 Å². The summed E-state index contributed by atoms with van der Waals surface area (Å²) >= 11 is 7.33. The Kier molecular flexibility index (Phi) is 6.43. The van der Waals surface area contributed by atoms with Gasteiger partial charge in [-0.1, -0.05) is 55.1 Å². The van der Waals surface area contributed by atoms with Crippen LogP contribution in [-0.4, -0.2) is 36.9 Å². The second kappa shape index (κ2) is 9.22. The molecule has 1 fully saturated rings. The number of hydrogen-bond acceptors (Lipinski definition) is 5. The standard InChI is InChI=1S/C21H24ClN5O2S/c1-13(19(28)24-15-8-4-2-3-5-9-15)30-21-25-18-17(20(29)26-21)12-23-27(18)16-10-6-7-14(22)11-16/h6-7,10-13,15H,2-5,8-9H2,1H3,(H,24,28)(H,25,26,29)/t13-/m0/s1. The van der Waals surface area contributed by atoms with Gasteiger partial charge in [0.1, 0.15) is 5.39 Å². The number of aromatic amines is 1. The second-order valence-electron chi connectivity index (χ2n) is 7.60. The number of amides is 1. The van der Waals surface area contributed by atoms with Gasteiger partial charge in [0.25, 0.3) is 5.56 Å². The molecular formula is C21H24ClN5O2S. The highest BCUT2D eigenvalue weighted by molar-refractivity contribution is 8.00. The summed E-state index contributed by atoms with van der Waals surface area (Å²) in [7, 11) is 0. The lowest BCUT2D eigenvalue weighted by Gasteiger charge is -2.19. The number of rotatable bonds is 5. The molecule has 0 aliphatic heterocycles. The van der Waals surface area contributed by atoms with Gasteiger partial charge in [-0.15, -0.1) is 0 Å². The molecule has 2 aromatic heterocycles. The summed E-state index contributed by atoms with van der Waals surface area (Å²) < 4.78 is 1.58. The summed E-state index contributed by atoms with van der Waals surface area (Å²) in [5, 5.41) is 8.42. The van der Waals surface area contributed by atoms with Crippen molar-refractivity contribution in [1.82, 2.24) is 25.1 Å². The molecule has 3 aromatic rings. The fraction of sp³-hybridized carbons (Fsp3) is 0.429. The number of halogens is 1. The van der Waals surface area contributed by atoms with Gasteiger partial charge in [-0.2, -0.15) is 5.10 Å². The second-order valence-corrected chi connectivity index (χ2v) is 9.37. The smallest absolute Gasteiger partial charge is 0.262 e. The highest BCUT2D eigenvalue weighted by Gasteiger charge is 2.21. The molecule has 1 aliphatic rings. The van der Waals surface area contributed by atoms with Gasteiger partial charge in [0, 0.05) is 11.1 Å². The number of carbonyl (C=O) groups excluding carboxylic acids is 1. The van der Waals surface area contributed by atoms with Crippen molar-refractivity contribution in [2.24, 2.45) is 0 Å². The van der Waals surface area contributed by atoms with Crippen molar-refractivity contribution in [2.45, 2.75) is 61.9 Å². The molecule has 7 nitrogen and oxygen atoms in total. The third-order valence-corrected chi connectivity index (χ3v) is 6.55. The normalized spacial score (nSPS) is 16.3. The van der Waals surface area contributed by atoms with Crippen molar-refractivity contribution in [3.05, 3.63) is 45.8 Å². The minimum Gasteiger partial charge on any atom is -0.352 e. The summed E-state index contributed by atoms with van der Waals surface area (Å²) in [6.07, 6.45) is 8.34. The molecule has 1 atom stereocenters. The molecule has 2 heterocycles. The number of nitrogens with one attached hydrogen (secondary N) is 2. The van der Waals surface area contributed by atoms with E-state index in [9.17, 15) is 9.59 Å². The highest BCUT2D eigenvalue weighted by atomic mass is 35.5. The van der Waals surface area contributed by atoms with Gasteiger partial charge in [0.15, 0.2) is 10.8 Å². The van der Waals surface area contributed by atoms with Crippen LogP contribution in [-0.2, 0) is 4.79 Å². The lowest BCUT2D eigenvalue weighted by molar-refractivity contribution is -0.121. The molecular weight excluding hydrogens is 422 g/mol. The minimum atomic E-state index is -0.378. The van der Waals surface area contributed by atoms with Gasteiger partial charge in [0.2, 0.25) is 5.91 Å². The van der Waals surface area contributed by atoms with Crippen LogP contribution in [0, 0.1) is 0 Å². The van der Waals surface area contributed by atoms with E-state index in [0.29, 0.717) is 26.9 Å². The molecule has 2 N–H and O–H groups in total. The molecule has 158 valence electrons. The Morgan fingerprint density at radius 2 is 2.07 bits per heavy atom. The zero-order chi connectivity index (χ0) is 21.1. The highest BCUT2D eigenvalue weighted by Crippen LogP contribution is 2.23. The fourth-order valence-corrected chi connectivity index (χ4v) is 4.70. The molecule has 1 aromatic carbocycles. The average molecular weight is 446 g/mol. The third-order valence-electron chi connectivity index (χ3n) is 5.33. The monoisotopic (exact) mass is 445 g/mol. The molecule has 30 heavy (non-hydrogen) atoms. The van der Waals surface area contributed by atoms with E-state index in [-0.39, 0.29) is 22.8 Å². The molecule has 0 unspecified atom stereocenters. The number of carbonyl (C=O) groups is 1. The molecule has 0 saturated heterocycles. The first kappa shape index (κ1) is 20.9. The molecule has 9 heteroatoms. The predicted molar refractivity (Wildman–Crippen MR) is 119 cm³/mol. The van der Waals surface area contributed by atoms with Crippen LogP contribution in [0.4, 0.5) is 0 Å². The Balaban J connectivity index is 1.54. The Morgan fingerprint density at radius 1 is 1.30 bits per heavy atom. The summed E-state index contributed by atoms with van der Waals surface area (Å²) in [6.45, 7) is 1.83. The molecule has 1 aliphatic carbocycles. The zero-order valence-corrected chi connectivity index (χ0v) is 18.3. The van der Waals surface area contributed by atoms with Crippen LogP contribution in [0.2, 0.25) is 5.02 Å². The first-order valence-electron chi connectivity index (χ1n) is 10.2. The first-order valence-corrected chi connectivity index (χ1v) is 11.5. The summed E-state index contributed by atoms with van der Waals surface area (Å²) in [5.41, 5.74) is 0.859. The largest absolute Gasteiger partial charge is 0.352 e. The summed E-state index contributed by atoms with van der Waals surface area (Å²) in [4.78, 5) is 32.5. The Labute approximate surface area is 183 Å². The number of H-pyrrole nitrogens is 1. The average Bonchev–Trinajstić information content (AvgIpc) is 2.98. The lowest BCUT2D eigenvalue weighted by atomic mass is 10.1. The van der Waals surface area contributed by atoms with E-state index in [1.807, 2.05) is 19.1 Å². The Hall–Kier alpha value is -2.32. The molecule has 1 saturated carbocycles. The van der Waals surface area contributed by atoms with Crippen molar-refractivity contribution in [1.29, 1.82) is 0 Å². The maximum absolute atomic E-state index is 12.7.